The van der Waals surface area contributed by atoms with E-state index in [4.69, 9.17) is 0 Å². The largest absolute Gasteiger partial charge is 0.309 e. The minimum atomic E-state index is -2.76. The van der Waals surface area contributed by atoms with E-state index in [-0.39, 0.29) is 0 Å². The summed E-state index contributed by atoms with van der Waals surface area (Å²) in [5.41, 5.74) is 9.61. The molecule has 258 valence electrons. The lowest BCUT2D eigenvalue weighted by Crippen LogP contribution is -2.74. The van der Waals surface area contributed by atoms with E-state index < -0.39 is 8.07 Å². The predicted molar refractivity (Wildman–Crippen MR) is 236 cm³/mol. The summed E-state index contributed by atoms with van der Waals surface area (Å²) < 4.78 is 2.47. The van der Waals surface area contributed by atoms with Crippen LogP contribution in [0.5, 0.6) is 0 Å². The van der Waals surface area contributed by atoms with Crippen LogP contribution in [-0.2, 0) is 0 Å². The lowest BCUT2D eigenvalue weighted by Gasteiger charge is -2.34. The second-order valence-electron chi connectivity index (χ2n) is 14.5. The van der Waals surface area contributed by atoms with Crippen LogP contribution >= 0.6 is 0 Å². The molecule has 0 spiro atoms. The van der Waals surface area contributed by atoms with E-state index in [1.165, 1.54) is 75.8 Å². The first-order chi connectivity index (χ1) is 27.3. The lowest BCUT2D eigenvalue weighted by atomic mass is 9.90. The second kappa shape index (κ2) is 12.6. The van der Waals surface area contributed by atoms with Crippen LogP contribution in [0, 0.1) is 0 Å². The topological polar surface area (TPSA) is 8.17 Å². The summed E-state index contributed by atoms with van der Waals surface area (Å²) in [6, 6.07) is 81.1. The Morgan fingerprint density at radius 2 is 0.855 bits per heavy atom. The standard InChI is InChI=1S/C52H36N2Si/c1-6-20-38(21-7-1)53-48-33-32-43(55(40-24-10-3-11-25-40,41-26-12-4-13-27-41)42-28-14-5-15-29-42)34-45(48)47-35-46-44-30-16-18-37-19-17-31-49(52(37)44)54(50(46)36-51(47)53)39-22-8-2-9-23-39/h1-36H. The quantitative estimate of drug-likeness (QED) is 0.123. The molecule has 0 atom stereocenters. The molecule has 3 heteroatoms. The van der Waals surface area contributed by atoms with Gasteiger partial charge in [-0.15, -0.1) is 0 Å². The summed E-state index contributed by atoms with van der Waals surface area (Å²) in [5.74, 6) is 0. The highest BCUT2D eigenvalue weighted by molar-refractivity contribution is 7.20. The first kappa shape index (κ1) is 31.6. The molecule has 0 unspecified atom stereocenters. The average molecular weight is 717 g/mol. The van der Waals surface area contributed by atoms with Gasteiger partial charge < -0.3 is 9.47 Å². The van der Waals surface area contributed by atoms with E-state index in [9.17, 15) is 0 Å². The molecular formula is C52H36N2Si. The predicted octanol–water partition coefficient (Wildman–Crippen LogP) is 10.8. The summed E-state index contributed by atoms with van der Waals surface area (Å²) in [7, 11) is -2.76. The minimum absolute atomic E-state index is 1.15. The van der Waals surface area contributed by atoms with Crippen LogP contribution in [0.25, 0.3) is 49.4 Å². The molecule has 0 aliphatic carbocycles. The van der Waals surface area contributed by atoms with E-state index >= 15 is 0 Å². The van der Waals surface area contributed by atoms with Crippen molar-refractivity contribution in [3.63, 3.8) is 0 Å². The zero-order valence-corrected chi connectivity index (χ0v) is 31.2. The molecule has 0 fully saturated rings. The van der Waals surface area contributed by atoms with Gasteiger partial charge in [0.2, 0.25) is 0 Å². The smallest absolute Gasteiger partial charge is 0.179 e. The van der Waals surface area contributed by atoms with Crippen molar-refractivity contribution in [1.29, 1.82) is 0 Å². The van der Waals surface area contributed by atoms with Crippen molar-refractivity contribution < 1.29 is 0 Å². The number of para-hydroxylation sites is 2. The van der Waals surface area contributed by atoms with E-state index in [1.54, 1.807) is 0 Å². The van der Waals surface area contributed by atoms with Gasteiger partial charge in [0.15, 0.2) is 8.07 Å². The zero-order valence-electron chi connectivity index (χ0n) is 30.2. The molecule has 0 amide bonds. The van der Waals surface area contributed by atoms with Crippen molar-refractivity contribution >= 4 is 78.5 Å². The number of nitrogens with zero attached hydrogens (tertiary/aromatic N) is 2. The number of aromatic nitrogens is 1. The maximum absolute atomic E-state index is 2.76. The number of benzene rings is 9. The molecule has 2 nitrogen and oxygen atoms in total. The van der Waals surface area contributed by atoms with Crippen LogP contribution in [0.3, 0.4) is 0 Å². The Hall–Kier alpha value is -6.94. The Bertz CT molecular complexity index is 2910. The Kier molecular flexibility index (Phi) is 7.22. The Balaban J connectivity index is 1.28. The van der Waals surface area contributed by atoms with E-state index in [2.05, 4.69) is 228 Å². The van der Waals surface area contributed by atoms with Crippen LogP contribution < -0.4 is 25.6 Å². The Labute approximate surface area is 321 Å². The van der Waals surface area contributed by atoms with Crippen LogP contribution in [0.15, 0.2) is 218 Å². The van der Waals surface area contributed by atoms with E-state index in [0.29, 0.717) is 0 Å². The maximum Gasteiger partial charge on any atom is 0.179 e. The molecule has 55 heavy (non-hydrogen) atoms. The van der Waals surface area contributed by atoms with Gasteiger partial charge in [0.05, 0.1) is 22.4 Å². The van der Waals surface area contributed by atoms with Crippen LogP contribution in [0.1, 0.15) is 0 Å². The third kappa shape index (κ3) is 4.73. The second-order valence-corrected chi connectivity index (χ2v) is 18.3. The van der Waals surface area contributed by atoms with Crippen molar-refractivity contribution in [2.24, 2.45) is 0 Å². The van der Waals surface area contributed by atoms with Crippen molar-refractivity contribution in [2.45, 2.75) is 0 Å². The number of rotatable bonds is 6. The molecule has 2 heterocycles. The normalized spacial score (nSPS) is 12.3. The van der Waals surface area contributed by atoms with Gasteiger partial charge in [0.1, 0.15) is 0 Å². The summed E-state index contributed by atoms with van der Waals surface area (Å²) >= 11 is 0. The Morgan fingerprint density at radius 1 is 0.327 bits per heavy atom. The number of hydrogen-bond donors (Lipinski definition) is 0. The molecular weight excluding hydrogens is 681 g/mol. The van der Waals surface area contributed by atoms with Gasteiger partial charge in [-0.25, -0.2) is 0 Å². The summed E-state index contributed by atoms with van der Waals surface area (Å²) in [5, 5.41) is 10.5. The van der Waals surface area contributed by atoms with Gasteiger partial charge in [-0.05, 0) is 80.2 Å². The first-order valence-corrected chi connectivity index (χ1v) is 21.0. The van der Waals surface area contributed by atoms with E-state index in [0.717, 1.165) is 11.4 Å². The monoisotopic (exact) mass is 716 g/mol. The van der Waals surface area contributed by atoms with Crippen molar-refractivity contribution in [3.05, 3.63) is 218 Å². The fourth-order valence-corrected chi connectivity index (χ4v) is 14.1. The fourth-order valence-electron chi connectivity index (χ4n) is 9.33. The molecule has 10 aromatic rings. The summed E-state index contributed by atoms with van der Waals surface area (Å²) in [4.78, 5) is 2.46. The van der Waals surface area contributed by atoms with Gasteiger partial charge in [-0.1, -0.05) is 170 Å². The van der Waals surface area contributed by atoms with Crippen molar-refractivity contribution in [3.8, 4) is 16.8 Å². The van der Waals surface area contributed by atoms with Gasteiger partial charge in [-0.3, -0.25) is 0 Å². The van der Waals surface area contributed by atoms with E-state index in [1.807, 2.05) is 0 Å². The van der Waals surface area contributed by atoms with Gasteiger partial charge >= 0.3 is 0 Å². The third-order valence-corrected chi connectivity index (χ3v) is 16.4. The maximum atomic E-state index is 2.54. The Morgan fingerprint density at radius 3 is 1.45 bits per heavy atom. The molecule has 9 aromatic carbocycles. The van der Waals surface area contributed by atoms with Crippen LogP contribution in [0.4, 0.5) is 17.1 Å². The van der Waals surface area contributed by atoms with Gasteiger partial charge in [0.25, 0.3) is 0 Å². The fraction of sp³-hybridized carbons (Fsp3) is 0. The average Bonchev–Trinajstić information content (AvgIpc) is 3.58. The van der Waals surface area contributed by atoms with Crippen LogP contribution in [0.2, 0.25) is 0 Å². The number of fused-ring (bicyclic) bond motifs is 5. The van der Waals surface area contributed by atoms with Crippen LogP contribution in [-0.4, -0.2) is 12.6 Å². The molecule has 1 aliphatic heterocycles. The van der Waals surface area contributed by atoms with Gasteiger partial charge in [-0.2, -0.15) is 0 Å². The number of anilines is 3. The zero-order chi connectivity index (χ0) is 36.3. The highest BCUT2D eigenvalue weighted by Gasteiger charge is 2.41. The SMILES string of the molecule is c1ccc(N2c3cc4c(cc3-c3cccc5cccc2c35)c2cc([Si](c3ccccc3)(c3ccccc3)c3ccccc3)ccc2n4-c2ccccc2)cc1. The van der Waals surface area contributed by atoms with Crippen molar-refractivity contribution in [2.75, 3.05) is 4.90 Å². The molecule has 0 saturated heterocycles. The van der Waals surface area contributed by atoms with Gasteiger partial charge in [0, 0.05) is 33.1 Å². The highest BCUT2D eigenvalue weighted by Crippen LogP contribution is 2.52. The number of hydrogen-bond acceptors (Lipinski definition) is 1. The molecule has 11 rings (SSSR count). The molecule has 0 saturated carbocycles. The molecule has 1 aliphatic rings. The van der Waals surface area contributed by atoms with Crippen molar-refractivity contribution in [1.82, 2.24) is 4.57 Å². The summed E-state index contributed by atoms with van der Waals surface area (Å²) in [6.45, 7) is 0. The third-order valence-electron chi connectivity index (χ3n) is 11.6. The molecule has 1 aromatic heterocycles. The minimum Gasteiger partial charge on any atom is -0.309 e. The first-order valence-electron chi connectivity index (χ1n) is 19.0. The highest BCUT2D eigenvalue weighted by atomic mass is 28.3. The summed E-state index contributed by atoms with van der Waals surface area (Å²) in [6.07, 6.45) is 0. The molecule has 0 N–H and O–H groups in total. The molecule has 0 radical (unpaired) electrons. The lowest BCUT2D eigenvalue weighted by molar-refractivity contribution is 1.18. The molecule has 0 bridgehead atoms.